The Bertz CT molecular complexity index is 476. The van der Waals surface area contributed by atoms with Crippen molar-refractivity contribution in [1.29, 1.82) is 0 Å². The first-order valence-electron chi connectivity index (χ1n) is 7.87. The largest absolute Gasteiger partial charge is 0.374 e. The zero-order valence-electron chi connectivity index (χ0n) is 13.6. The van der Waals surface area contributed by atoms with Gasteiger partial charge in [0.1, 0.15) is 0 Å². The molecule has 1 amide bonds. The quantitative estimate of drug-likeness (QED) is 0.892. The van der Waals surface area contributed by atoms with Gasteiger partial charge in [-0.1, -0.05) is 26.0 Å². The van der Waals surface area contributed by atoms with E-state index in [0.29, 0.717) is 18.1 Å². The van der Waals surface area contributed by atoms with E-state index in [4.69, 9.17) is 4.74 Å². The van der Waals surface area contributed by atoms with Crippen molar-refractivity contribution in [3.63, 3.8) is 0 Å². The van der Waals surface area contributed by atoms with Gasteiger partial charge in [0, 0.05) is 11.6 Å². The molecule has 1 N–H and O–H groups in total. The van der Waals surface area contributed by atoms with Crippen LogP contribution < -0.4 is 5.32 Å². The average Bonchev–Trinajstić information content (AvgIpc) is 2.76. The van der Waals surface area contributed by atoms with Gasteiger partial charge in [-0.25, -0.2) is 0 Å². The van der Waals surface area contributed by atoms with E-state index in [1.54, 1.807) is 0 Å². The summed E-state index contributed by atoms with van der Waals surface area (Å²) in [5, 5.41) is 3.15. The SMILES string of the molecule is CC(C)OCc1ccc(C(=O)NC2CCC(C)(C)C2)cc1. The van der Waals surface area contributed by atoms with Gasteiger partial charge in [0.05, 0.1) is 12.7 Å². The van der Waals surface area contributed by atoms with Crippen LogP contribution in [-0.2, 0) is 11.3 Å². The zero-order chi connectivity index (χ0) is 15.5. The molecule has 3 heteroatoms. The van der Waals surface area contributed by atoms with Crippen LogP contribution in [-0.4, -0.2) is 18.1 Å². The van der Waals surface area contributed by atoms with Crippen LogP contribution in [0.3, 0.4) is 0 Å². The number of carbonyl (C=O) groups is 1. The highest BCUT2D eigenvalue weighted by Crippen LogP contribution is 2.36. The molecule has 2 rings (SSSR count). The molecule has 1 aromatic rings. The number of ether oxygens (including phenoxy) is 1. The maximum Gasteiger partial charge on any atom is 0.251 e. The van der Waals surface area contributed by atoms with Crippen molar-refractivity contribution in [2.45, 2.75) is 65.7 Å². The van der Waals surface area contributed by atoms with E-state index in [1.165, 1.54) is 6.42 Å². The monoisotopic (exact) mass is 289 g/mol. The zero-order valence-corrected chi connectivity index (χ0v) is 13.6. The molecule has 0 heterocycles. The van der Waals surface area contributed by atoms with Gasteiger partial charge >= 0.3 is 0 Å². The summed E-state index contributed by atoms with van der Waals surface area (Å²) in [6, 6.07) is 8.02. The molecule has 21 heavy (non-hydrogen) atoms. The average molecular weight is 289 g/mol. The van der Waals surface area contributed by atoms with Crippen LogP contribution in [0.2, 0.25) is 0 Å². The summed E-state index contributed by atoms with van der Waals surface area (Å²) in [6.45, 7) is 9.16. The first kappa shape index (κ1) is 16.0. The maximum absolute atomic E-state index is 12.2. The van der Waals surface area contributed by atoms with Gasteiger partial charge in [-0.3, -0.25) is 4.79 Å². The van der Waals surface area contributed by atoms with Crippen molar-refractivity contribution in [1.82, 2.24) is 5.32 Å². The van der Waals surface area contributed by atoms with Crippen molar-refractivity contribution in [3.05, 3.63) is 35.4 Å². The molecule has 1 saturated carbocycles. The summed E-state index contributed by atoms with van der Waals surface area (Å²) in [7, 11) is 0. The lowest BCUT2D eigenvalue weighted by atomic mass is 9.92. The number of hydrogen-bond donors (Lipinski definition) is 1. The Labute approximate surface area is 128 Å². The fraction of sp³-hybridized carbons (Fsp3) is 0.611. The van der Waals surface area contributed by atoms with Crippen LogP contribution in [0.25, 0.3) is 0 Å². The molecule has 0 bridgehead atoms. The van der Waals surface area contributed by atoms with Gasteiger partial charge in [0.25, 0.3) is 5.91 Å². The predicted octanol–water partition coefficient (Wildman–Crippen LogP) is 3.92. The van der Waals surface area contributed by atoms with Crippen LogP contribution in [0, 0.1) is 5.41 Å². The Morgan fingerprint density at radius 2 is 2.00 bits per heavy atom. The smallest absolute Gasteiger partial charge is 0.251 e. The van der Waals surface area contributed by atoms with Crippen LogP contribution in [0.5, 0.6) is 0 Å². The van der Waals surface area contributed by atoms with Gasteiger partial charge in [0.2, 0.25) is 0 Å². The van der Waals surface area contributed by atoms with Gasteiger partial charge in [-0.2, -0.15) is 0 Å². The molecular weight excluding hydrogens is 262 g/mol. The van der Waals surface area contributed by atoms with E-state index in [-0.39, 0.29) is 12.0 Å². The minimum atomic E-state index is 0.0361. The Kier molecular flexibility index (Phi) is 5.04. The highest BCUT2D eigenvalue weighted by atomic mass is 16.5. The predicted molar refractivity (Wildman–Crippen MR) is 85.3 cm³/mol. The van der Waals surface area contributed by atoms with Gasteiger partial charge < -0.3 is 10.1 Å². The first-order chi connectivity index (χ1) is 9.85. The topological polar surface area (TPSA) is 38.3 Å². The standard InChI is InChI=1S/C18H27NO2/c1-13(2)21-12-14-5-7-15(8-6-14)17(20)19-16-9-10-18(3,4)11-16/h5-8,13,16H,9-12H2,1-4H3,(H,19,20). The third-order valence-electron chi connectivity index (χ3n) is 4.10. The molecule has 1 atom stereocenters. The minimum Gasteiger partial charge on any atom is -0.374 e. The van der Waals surface area contributed by atoms with Crippen molar-refractivity contribution < 1.29 is 9.53 Å². The van der Waals surface area contributed by atoms with E-state index < -0.39 is 0 Å². The third-order valence-corrected chi connectivity index (χ3v) is 4.10. The number of benzene rings is 1. The molecule has 1 unspecified atom stereocenters. The lowest BCUT2D eigenvalue weighted by Crippen LogP contribution is -2.33. The summed E-state index contributed by atoms with van der Waals surface area (Å²) >= 11 is 0. The molecule has 1 aliphatic rings. The van der Waals surface area contributed by atoms with Crippen LogP contribution in [0.4, 0.5) is 0 Å². The Balaban J connectivity index is 1.88. The third kappa shape index (κ3) is 4.85. The molecule has 1 fully saturated rings. The summed E-state index contributed by atoms with van der Waals surface area (Å²) in [4.78, 5) is 12.2. The second kappa shape index (κ2) is 6.61. The van der Waals surface area contributed by atoms with Crippen molar-refractivity contribution >= 4 is 5.91 Å². The lowest BCUT2D eigenvalue weighted by Gasteiger charge is -2.18. The molecule has 116 valence electrons. The Morgan fingerprint density at radius 3 is 2.52 bits per heavy atom. The van der Waals surface area contributed by atoms with E-state index in [0.717, 1.165) is 24.0 Å². The van der Waals surface area contributed by atoms with Gasteiger partial charge in [-0.15, -0.1) is 0 Å². The first-order valence-corrected chi connectivity index (χ1v) is 7.87. The lowest BCUT2D eigenvalue weighted by molar-refractivity contribution is 0.0656. The van der Waals surface area contributed by atoms with E-state index in [1.807, 2.05) is 38.1 Å². The fourth-order valence-corrected chi connectivity index (χ4v) is 2.84. The number of nitrogens with one attached hydrogen (secondary N) is 1. The Hall–Kier alpha value is -1.35. The van der Waals surface area contributed by atoms with E-state index in [2.05, 4.69) is 19.2 Å². The molecule has 0 radical (unpaired) electrons. The van der Waals surface area contributed by atoms with Crippen LogP contribution in [0.1, 0.15) is 62.9 Å². The summed E-state index contributed by atoms with van der Waals surface area (Å²) < 4.78 is 5.56. The Morgan fingerprint density at radius 1 is 1.33 bits per heavy atom. The molecule has 1 aromatic carbocycles. The second-order valence-electron chi connectivity index (χ2n) is 7.13. The second-order valence-corrected chi connectivity index (χ2v) is 7.13. The summed E-state index contributed by atoms with van der Waals surface area (Å²) in [5.74, 6) is 0.0361. The van der Waals surface area contributed by atoms with Gasteiger partial charge in [0.15, 0.2) is 0 Å². The van der Waals surface area contributed by atoms with Crippen LogP contribution >= 0.6 is 0 Å². The minimum absolute atomic E-state index is 0.0361. The fourth-order valence-electron chi connectivity index (χ4n) is 2.84. The molecular formula is C18H27NO2. The highest BCUT2D eigenvalue weighted by Gasteiger charge is 2.31. The van der Waals surface area contributed by atoms with E-state index in [9.17, 15) is 4.79 Å². The molecule has 0 spiro atoms. The molecule has 3 nitrogen and oxygen atoms in total. The maximum atomic E-state index is 12.2. The summed E-state index contributed by atoms with van der Waals surface area (Å²) in [5.41, 5.74) is 2.19. The molecule has 0 aliphatic heterocycles. The van der Waals surface area contributed by atoms with Crippen molar-refractivity contribution in [3.8, 4) is 0 Å². The number of carbonyl (C=O) groups excluding carboxylic acids is 1. The highest BCUT2D eigenvalue weighted by molar-refractivity contribution is 5.94. The normalized spacial score (nSPS) is 20.7. The van der Waals surface area contributed by atoms with Gasteiger partial charge in [-0.05, 0) is 56.2 Å². The molecule has 1 aliphatic carbocycles. The molecule has 0 saturated heterocycles. The summed E-state index contributed by atoms with van der Waals surface area (Å²) in [6.07, 6.45) is 3.56. The number of amides is 1. The van der Waals surface area contributed by atoms with Crippen LogP contribution in [0.15, 0.2) is 24.3 Å². The van der Waals surface area contributed by atoms with E-state index >= 15 is 0 Å². The molecule has 0 aromatic heterocycles. The number of hydrogen-bond acceptors (Lipinski definition) is 2. The number of rotatable bonds is 5. The van der Waals surface area contributed by atoms with Crippen molar-refractivity contribution in [2.75, 3.05) is 0 Å². The van der Waals surface area contributed by atoms with Crippen molar-refractivity contribution in [2.24, 2.45) is 5.41 Å².